The molecule has 1 atom stereocenters. The van der Waals surface area contributed by atoms with Gasteiger partial charge in [-0.05, 0) is 37.0 Å². The molecule has 0 aliphatic heterocycles. The number of imidazole rings is 1. The second-order valence-electron chi connectivity index (χ2n) is 4.67. The zero-order valence-corrected chi connectivity index (χ0v) is 14.3. The summed E-state index contributed by atoms with van der Waals surface area (Å²) in [6, 6.07) is 9.25. The van der Waals surface area contributed by atoms with E-state index in [1.54, 1.807) is 0 Å². The number of aromatic amines is 1. The first kappa shape index (κ1) is 16.4. The summed E-state index contributed by atoms with van der Waals surface area (Å²) in [5, 5.41) is 0. The van der Waals surface area contributed by atoms with Crippen molar-refractivity contribution < 1.29 is 21.5 Å². The molecule has 2 aromatic rings. The number of aromatic nitrogens is 2. The SMILES string of the molecule is CCCC(CCc1ccc(Br)cc1)[n+]1cc[nH]c1.[Br-]. The van der Waals surface area contributed by atoms with Gasteiger partial charge in [0, 0.05) is 4.47 Å². The first-order valence-electron chi connectivity index (χ1n) is 6.57. The van der Waals surface area contributed by atoms with E-state index in [0.717, 1.165) is 10.9 Å². The zero-order chi connectivity index (χ0) is 12.8. The molecule has 1 aromatic heterocycles. The van der Waals surface area contributed by atoms with Gasteiger partial charge in [0.15, 0.2) is 0 Å². The molecule has 2 rings (SSSR count). The molecule has 0 saturated carbocycles. The molecule has 19 heavy (non-hydrogen) atoms. The van der Waals surface area contributed by atoms with Gasteiger partial charge in [-0.15, -0.1) is 0 Å². The van der Waals surface area contributed by atoms with Crippen LogP contribution in [0.4, 0.5) is 0 Å². The number of hydrogen-bond acceptors (Lipinski definition) is 0. The summed E-state index contributed by atoms with van der Waals surface area (Å²) >= 11 is 3.47. The summed E-state index contributed by atoms with van der Waals surface area (Å²) in [5.74, 6) is 0. The number of aryl methyl sites for hydroxylation is 1. The molecule has 1 aromatic carbocycles. The molecule has 0 aliphatic rings. The van der Waals surface area contributed by atoms with Crippen LogP contribution in [-0.2, 0) is 6.42 Å². The lowest BCUT2D eigenvalue weighted by molar-refractivity contribution is -0.723. The second kappa shape index (κ2) is 8.54. The molecule has 1 unspecified atom stereocenters. The highest BCUT2D eigenvalue weighted by molar-refractivity contribution is 9.10. The molecule has 104 valence electrons. The predicted molar refractivity (Wildman–Crippen MR) is 77.4 cm³/mol. The number of nitrogens with one attached hydrogen (secondary N) is 1. The average Bonchev–Trinajstić information content (AvgIpc) is 2.90. The Hall–Kier alpha value is -0.610. The summed E-state index contributed by atoms with van der Waals surface area (Å²) in [5.41, 5.74) is 1.41. The van der Waals surface area contributed by atoms with Crippen LogP contribution in [0, 0.1) is 0 Å². The minimum absolute atomic E-state index is 0. The maximum absolute atomic E-state index is 3.47. The topological polar surface area (TPSA) is 19.7 Å². The van der Waals surface area contributed by atoms with Crippen molar-refractivity contribution in [3.05, 3.63) is 53.0 Å². The van der Waals surface area contributed by atoms with Crippen molar-refractivity contribution in [3.8, 4) is 0 Å². The van der Waals surface area contributed by atoms with Crippen LogP contribution in [0.25, 0.3) is 0 Å². The Morgan fingerprint density at radius 2 is 1.95 bits per heavy atom. The van der Waals surface area contributed by atoms with Crippen molar-refractivity contribution in [1.29, 1.82) is 0 Å². The van der Waals surface area contributed by atoms with Crippen LogP contribution in [-0.4, -0.2) is 4.98 Å². The normalized spacial score (nSPS) is 11.9. The molecule has 0 amide bonds. The molecule has 0 spiro atoms. The fraction of sp³-hybridized carbons (Fsp3) is 0.400. The van der Waals surface area contributed by atoms with Crippen LogP contribution >= 0.6 is 15.9 Å². The summed E-state index contributed by atoms with van der Waals surface area (Å²) in [6.07, 6.45) is 11.0. The number of rotatable bonds is 6. The third kappa shape index (κ3) is 5.11. The second-order valence-corrected chi connectivity index (χ2v) is 5.58. The highest BCUT2D eigenvalue weighted by Crippen LogP contribution is 2.17. The summed E-state index contributed by atoms with van der Waals surface area (Å²) in [6.45, 7) is 2.25. The Labute approximate surface area is 134 Å². The van der Waals surface area contributed by atoms with E-state index in [1.807, 2.05) is 6.20 Å². The maximum Gasteiger partial charge on any atom is 0.241 e. The molecule has 0 radical (unpaired) electrons. The molecular weight excluding hydrogens is 368 g/mol. The quantitative estimate of drug-likeness (QED) is 0.714. The summed E-state index contributed by atoms with van der Waals surface area (Å²) < 4.78 is 3.44. The van der Waals surface area contributed by atoms with Gasteiger partial charge in [0.05, 0.1) is 0 Å². The van der Waals surface area contributed by atoms with E-state index in [-0.39, 0.29) is 17.0 Å². The van der Waals surface area contributed by atoms with Crippen molar-refractivity contribution in [2.45, 2.75) is 38.6 Å². The largest absolute Gasteiger partial charge is 1.00 e. The van der Waals surface area contributed by atoms with Gasteiger partial charge in [0.25, 0.3) is 0 Å². The fourth-order valence-corrected chi connectivity index (χ4v) is 2.55. The van der Waals surface area contributed by atoms with Crippen molar-refractivity contribution >= 4 is 15.9 Å². The van der Waals surface area contributed by atoms with E-state index in [9.17, 15) is 0 Å². The van der Waals surface area contributed by atoms with E-state index < -0.39 is 0 Å². The predicted octanol–water partition coefficient (Wildman–Crippen LogP) is 1.04. The number of halogens is 2. The third-order valence-electron chi connectivity index (χ3n) is 3.29. The molecular formula is C15H20Br2N2. The van der Waals surface area contributed by atoms with Crippen molar-refractivity contribution in [1.82, 2.24) is 4.98 Å². The Balaban J connectivity index is 0.00000180. The van der Waals surface area contributed by atoms with E-state index in [4.69, 9.17) is 0 Å². The number of H-pyrrole nitrogens is 1. The first-order valence-corrected chi connectivity index (χ1v) is 7.37. The lowest BCUT2D eigenvalue weighted by atomic mass is 10.0. The maximum atomic E-state index is 3.47. The monoisotopic (exact) mass is 386 g/mol. The van der Waals surface area contributed by atoms with Crippen LogP contribution in [0.3, 0.4) is 0 Å². The lowest BCUT2D eigenvalue weighted by Gasteiger charge is -2.12. The van der Waals surface area contributed by atoms with Crippen molar-refractivity contribution in [2.24, 2.45) is 0 Å². The number of hydrogen-bond donors (Lipinski definition) is 1. The van der Waals surface area contributed by atoms with Gasteiger partial charge in [-0.25, -0.2) is 4.57 Å². The van der Waals surface area contributed by atoms with Crippen LogP contribution in [0.1, 0.15) is 37.8 Å². The number of benzene rings is 1. The Bertz CT molecular complexity index is 452. The summed E-state index contributed by atoms with van der Waals surface area (Å²) in [4.78, 5) is 3.13. The smallest absolute Gasteiger partial charge is 0.241 e. The standard InChI is InChI=1S/C15H19BrN2.BrH/c1-2-3-15(18-11-10-17-12-18)9-6-13-4-7-14(16)8-5-13;/h4-5,7-8,10-12,15H,2-3,6,9H2,1H3;1H. The molecule has 0 fully saturated rings. The summed E-state index contributed by atoms with van der Waals surface area (Å²) in [7, 11) is 0. The van der Waals surface area contributed by atoms with E-state index in [1.165, 1.54) is 24.8 Å². The fourth-order valence-electron chi connectivity index (χ4n) is 2.29. The Morgan fingerprint density at radius 1 is 1.21 bits per heavy atom. The van der Waals surface area contributed by atoms with Gasteiger partial charge in [-0.2, -0.15) is 0 Å². The highest BCUT2D eigenvalue weighted by atomic mass is 79.9. The molecule has 1 heterocycles. The van der Waals surface area contributed by atoms with E-state index in [0.29, 0.717) is 6.04 Å². The van der Waals surface area contributed by atoms with Gasteiger partial charge < -0.3 is 17.0 Å². The molecule has 0 saturated heterocycles. The van der Waals surface area contributed by atoms with Gasteiger partial charge in [-0.1, -0.05) is 41.4 Å². The minimum atomic E-state index is 0. The molecule has 2 nitrogen and oxygen atoms in total. The van der Waals surface area contributed by atoms with Crippen LogP contribution in [0.5, 0.6) is 0 Å². The van der Waals surface area contributed by atoms with Crippen LogP contribution < -0.4 is 21.5 Å². The van der Waals surface area contributed by atoms with Gasteiger partial charge in [0.1, 0.15) is 18.4 Å². The van der Waals surface area contributed by atoms with Crippen molar-refractivity contribution in [2.75, 3.05) is 0 Å². The first-order chi connectivity index (χ1) is 8.79. The van der Waals surface area contributed by atoms with Crippen LogP contribution in [0.2, 0.25) is 0 Å². The highest BCUT2D eigenvalue weighted by Gasteiger charge is 2.14. The Kier molecular flexibility index (Phi) is 7.39. The molecule has 1 N–H and O–H groups in total. The minimum Gasteiger partial charge on any atom is -1.00 e. The Morgan fingerprint density at radius 3 is 2.53 bits per heavy atom. The zero-order valence-electron chi connectivity index (χ0n) is 11.2. The van der Waals surface area contributed by atoms with Crippen molar-refractivity contribution in [3.63, 3.8) is 0 Å². The van der Waals surface area contributed by atoms with Gasteiger partial charge >= 0.3 is 0 Å². The van der Waals surface area contributed by atoms with E-state index in [2.05, 4.69) is 69.2 Å². The average molecular weight is 388 g/mol. The van der Waals surface area contributed by atoms with Gasteiger partial charge in [-0.3, -0.25) is 4.98 Å². The third-order valence-corrected chi connectivity index (χ3v) is 3.82. The molecule has 0 bridgehead atoms. The lowest BCUT2D eigenvalue weighted by Crippen LogP contribution is -3.00. The van der Waals surface area contributed by atoms with Crippen LogP contribution in [0.15, 0.2) is 47.5 Å². The molecule has 4 heteroatoms. The number of nitrogens with zero attached hydrogens (tertiary/aromatic N) is 1. The molecule has 0 aliphatic carbocycles. The van der Waals surface area contributed by atoms with E-state index >= 15 is 0 Å². The van der Waals surface area contributed by atoms with Gasteiger partial charge in [0.2, 0.25) is 6.33 Å².